The van der Waals surface area contributed by atoms with Gasteiger partial charge >= 0.3 is 6.03 Å². The van der Waals surface area contributed by atoms with Crippen LogP contribution in [0.5, 0.6) is 0 Å². The van der Waals surface area contributed by atoms with E-state index in [1.54, 1.807) is 16.7 Å². The number of urea groups is 1. The molecule has 0 aromatic heterocycles. The number of hydrogen-bond donors (Lipinski definition) is 2. The lowest BCUT2D eigenvalue weighted by molar-refractivity contribution is -0.123. The summed E-state index contributed by atoms with van der Waals surface area (Å²) in [5.74, 6) is -0.559. The van der Waals surface area contributed by atoms with Crippen LogP contribution in [0.15, 0.2) is 23.1 Å². The van der Waals surface area contributed by atoms with Crippen LogP contribution in [0.1, 0.15) is 18.4 Å². The summed E-state index contributed by atoms with van der Waals surface area (Å²) in [6.45, 7) is 3.06. The molecule has 0 bridgehead atoms. The SMILES string of the molecule is CSc1cccc(NC(=O)N2CCC[C@H](C(N)=O)C2)c1C. The Hall–Kier alpha value is -1.69. The Bertz CT molecular complexity index is 548. The summed E-state index contributed by atoms with van der Waals surface area (Å²) < 4.78 is 0. The molecule has 1 aliphatic rings. The maximum Gasteiger partial charge on any atom is 0.321 e. The van der Waals surface area contributed by atoms with E-state index >= 15 is 0 Å². The van der Waals surface area contributed by atoms with E-state index in [-0.39, 0.29) is 17.9 Å². The molecule has 1 aromatic carbocycles. The Morgan fingerprint density at radius 2 is 2.19 bits per heavy atom. The van der Waals surface area contributed by atoms with Crippen LogP contribution in [-0.4, -0.2) is 36.2 Å². The Balaban J connectivity index is 2.06. The van der Waals surface area contributed by atoms with E-state index in [2.05, 4.69) is 5.32 Å². The van der Waals surface area contributed by atoms with Crippen LogP contribution in [-0.2, 0) is 4.79 Å². The van der Waals surface area contributed by atoms with E-state index in [0.29, 0.717) is 13.1 Å². The van der Waals surface area contributed by atoms with Gasteiger partial charge in [-0.05, 0) is 43.7 Å². The molecule has 0 saturated carbocycles. The highest BCUT2D eigenvalue weighted by Crippen LogP contribution is 2.26. The topological polar surface area (TPSA) is 75.4 Å². The van der Waals surface area contributed by atoms with Crippen LogP contribution in [0.2, 0.25) is 0 Å². The number of primary amides is 1. The second-order valence-electron chi connectivity index (χ2n) is 5.25. The van der Waals surface area contributed by atoms with Crippen LogP contribution < -0.4 is 11.1 Å². The third kappa shape index (κ3) is 3.69. The number of carbonyl (C=O) groups is 2. The zero-order valence-electron chi connectivity index (χ0n) is 12.4. The molecule has 6 heteroatoms. The molecule has 0 unspecified atom stereocenters. The van der Waals surface area contributed by atoms with Gasteiger partial charge in [0, 0.05) is 23.7 Å². The number of amides is 3. The Morgan fingerprint density at radius 3 is 2.86 bits per heavy atom. The molecule has 2 rings (SSSR count). The number of nitrogens with zero attached hydrogens (tertiary/aromatic N) is 1. The van der Waals surface area contributed by atoms with E-state index in [4.69, 9.17) is 5.73 Å². The van der Waals surface area contributed by atoms with Crippen molar-refractivity contribution in [2.75, 3.05) is 24.7 Å². The van der Waals surface area contributed by atoms with Gasteiger partial charge in [0.2, 0.25) is 5.91 Å². The maximum absolute atomic E-state index is 12.3. The van der Waals surface area contributed by atoms with E-state index in [1.807, 2.05) is 31.4 Å². The van der Waals surface area contributed by atoms with Crippen molar-refractivity contribution >= 4 is 29.4 Å². The normalized spacial score (nSPS) is 18.4. The minimum Gasteiger partial charge on any atom is -0.369 e. The van der Waals surface area contributed by atoms with Crippen LogP contribution >= 0.6 is 11.8 Å². The lowest BCUT2D eigenvalue weighted by Crippen LogP contribution is -2.45. The minimum absolute atomic E-state index is 0.165. The summed E-state index contributed by atoms with van der Waals surface area (Å²) in [5, 5.41) is 2.94. The fraction of sp³-hybridized carbons (Fsp3) is 0.467. The predicted molar refractivity (Wildman–Crippen MR) is 85.5 cm³/mol. The molecule has 1 saturated heterocycles. The van der Waals surface area contributed by atoms with Crippen LogP contribution in [0.4, 0.5) is 10.5 Å². The number of hydrogen-bond acceptors (Lipinski definition) is 3. The molecule has 1 heterocycles. The second-order valence-corrected chi connectivity index (χ2v) is 6.10. The first-order valence-corrected chi connectivity index (χ1v) is 8.24. The summed E-state index contributed by atoms with van der Waals surface area (Å²) in [6.07, 6.45) is 3.58. The number of likely N-dealkylation sites (tertiary alicyclic amines) is 1. The number of nitrogens with two attached hydrogens (primary N) is 1. The predicted octanol–water partition coefficient (Wildman–Crippen LogP) is 2.45. The molecule has 114 valence electrons. The number of nitrogens with one attached hydrogen (secondary N) is 1. The molecule has 5 nitrogen and oxygen atoms in total. The molecule has 0 spiro atoms. The van der Waals surface area contributed by atoms with Crippen molar-refractivity contribution in [3.05, 3.63) is 23.8 Å². The summed E-state index contributed by atoms with van der Waals surface area (Å²) in [5.41, 5.74) is 7.21. The van der Waals surface area contributed by atoms with Crippen molar-refractivity contribution in [3.8, 4) is 0 Å². The molecular formula is C15H21N3O2S. The van der Waals surface area contributed by atoms with Gasteiger partial charge in [-0.15, -0.1) is 11.8 Å². The van der Waals surface area contributed by atoms with Crippen LogP contribution in [0, 0.1) is 12.8 Å². The quantitative estimate of drug-likeness (QED) is 0.842. The van der Waals surface area contributed by atoms with E-state index < -0.39 is 0 Å². The van der Waals surface area contributed by atoms with E-state index in [1.165, 1.54) is 0 Å². The van der Waals surface area contributed by atoms with E-state index in [0.717, 1.165) is 29.0 Å². The Kier molecular flexibility index (Phi) is 5.12. The molecular weight excluding hydrogens is 286 g/mol. The number of carbonyl (C=O) groups excluding carboxylic acids is 2. The van der Waals surface area contributed by atoms with Crippen molar-refractivity contribution in [1.29, 1.82) is 0 Å². The largest absolute Gasteiger partial charge is 0.369 e. The lowest BCUT2D eigenvalue weighted by Gasteiger charge is -2.31. The first-order chi connectivity index (χ1) is 10.0. The summed E-state index contributed by atoms with van der Waals surface area (Å²) in [6, 6.07) is 5.68. The molecule has 3 N–H and O–H groups in total. The number of benzene rings is 1. The molecule has 3 amide bonds. The first-order valence-electron chi connectivity index (χ1n) is 7.01. The smallest absolute Gasteiger partial charge is 0.321 e. The standard InChI is InChI=1S/C15H21N3O2S/c1-10-12(6-3-7-13(10)21-2)17-15(20)18-8-4-5-11(9-18)14(16)19/h3,6-7,11H,4-5,8-9H2,1-2H3,(H2,16,19)(H,17,20)/t11-/m0/s1. The van der Waals surface area contributed by atoms with Gasteiger partial charge < -0.3 is 16.0 Å². The van der Waals surface area contributed by atoms with E-state index in [9.17, 15) is 9.59 Å². The van der Waals surface area contributed by atoms with Crippen molar-refractivity contribution in [2.24, 2.45) is 11.7 Å². The van der Waals surface area contributed by atoms with Crippen LogP contribution in [0.3, 0.4) is 0 Å². The second kappa shape index (κ2) is 6.85. The van der Waals surface area contributed by atoms with Gasteiger partial charge in [-0.3, -0.25) is 4.79 Å². The monoisotopic (exact) mass is 307 g/mol. The van der Waals surface area contributed by atoms with Gasteiger partial charge in [0.15, 0.2) is 0 Å². The molecule has 1 fully saturated rings. The number of rotatable bonds is 3. The van der Waals surface area contributed by atoms with Gasteiger partial charge in [-0.2, -0.15) is 0 Å². The zero-order chi connectivity index (χ0) is 15.4. The Labute approximate surface area is 129 Å². The number of thioether (sulfide) groups is 1. The highest BCUT2D eigenvalue weighted by atomic mass is 32.2. The molecule has 0 radical (unpaired) electrons. The summed E-state index contributed by atoms with van der Waals surface area (Å²) >= 11 is 1.65. The molecule has 21 heavy (non-hydrogen) atoms. The van der Waals surface area contributed by atoms with Gasteiger partial charge in [-0.25, -0.2) is 4.79 Å². The maximum atomic E-state index is 12.3. The molecule has 1 aliphatic heterocycles. The minimum atomic E-state index is -0.326. The van der Waals surface area contributed by atoms with Crippen molar-refractivity contribution in [3.63, 3.8) is 0 Å². The molecule has 1 atom stereocenters. The van der Waals surface area contributed by atoms with Gasteiger partial charge in [0.1, 0.15) is 0 Å². The molecule has 0 aliphatic carbocycles. The highest BCUT2D eigenvalue weighted by Gasteiger charge is 2.27. The summed E-state index contributed by atoms with van der Waals surface area (Å²) in [7, 11) is 0. The third-order valence-corrected chi connectivity index (χ3v) is 4.74. The average molecular weight is 307 g/mol. The fourth-order valence-corrected chi connectivity index (χ4v) is 3.19. The molecule has 1 aromatic rings. The highest BCUT2D eigenvalue weighted by molar-refractivity contribution is 7.98. The van der Waals surface area contributed by atoms with Crippen molar-refractivity contribution in [2.45, 2.75) is 24.7 Å². The third-order valence-electron chi connectivity index (χ3n) is 3.86. The zero-order valence-corrected chi connectivity index (χ0v) is 13.2. The average Bonchev–Trinajstić information content (AvgIpc) is 2.49. The lowest BCUT2D eigenvalue weighted by atomic mass is 9.98. The van der Waals surface area contributed by atoms with Gasteiger partial charge in [-0.1, -0.05) is 6.07 Å². The van der Waals surface area contributed by atoms with Crippen LogP contribution in [0.25, 0.3) is 0 Å². The first kappa shape index (κ1) is 15.7. The number of anilines is 1. The fourth-order valence-electron chi connectivity index (χ4n) is 2.56. The van der Waals surface area contributed by atoms with Gasteiger partial charge in [0.05, 0.1) is 5.92 Å². The van der Waals surface area contributed by atoms with Crippen molar-refractivity contribution in [1.82, 2.24) is 4.90 Å². The summed E-state index contributed by atoms with van der Waals surface area (Å²) in [4.78, 5) is 26.4. The Morgan fingerprint density at radius 1 is 1.43 bits per heavy atom. The van der Waals surface area contributed by atoms with Gasteiger partial charge in [0.25, 0.3) is 0 Å². The number of piperidine rings is 1. The van der Waals surface area contributed by atoms with Crippen molar-refractivity contribution < 1.29 is 9.59 Å².